The minimum absolute atomic E-state index is 0.0806. The lowest BCUT2D eigenvalue weighted by molar-refractivity contribution is 0.465. The molecule has 0 saturated carbocycles. The minimum Gasteiger partial charge on any atom is -0.330 e. The Morgan fingerprint density at radius 2 is 2.12 bits per heavy atom. The number of H-pyrrole nitrogens is 1. The normalized spacial score (nSPS) is 12.2. The van der Waals surface area contributed by atoms with Gasteiger partial charge in [0, 0.05) is 19.3 Å². The van der Waals surface area contributed by atoms with Gasteiger partial charge in [-0.05, 0) is 19.9 Å². The van der Waals surface area contributed by atoms with Crippen molar-refractivity contribution >= 4 is 21.4 Å². The average Bonchev–Trinajstić information content (AvgIpc) is 2.54. The highest BCUT2D eigenvalue weighted by molar-refractivity contribution is 7.91. The second-order valence-corrected chi connectivity index (χ2v) is 6.62. The average molecular weight is 265 g/mol. The molecule has 16 heavy (non-hydrogen) atoms. The van der Waals surface area contributed by atoms with E-state index >= 15 is 0 Å². The van der Waals surface area contributed by atoms with Crippen LogP contribution < -0.4 is 10.6 Å². The van der Waals surface area contributed by atoms with Gasteiger partial charge in [0.25, 0.3) is 10.0 Å². The van der Waals surface area contributed by atoms with E-state index < -0.39 is 10.0 Å². The third-order valence-electron chi connectivity index (χ3n) is 2.10. The first kappa shape index (κ1) is 13.4. The summed E-state index contributed by atoms with van der Waals surface area (Å²) in [6, 6.07) is 0. The Morgan fingerprint density at radius 3 is 2.56 bits per heavy atom. The lowest BCUT2D eigenvalue weighted by Crippen LogP contribution is -2.29. The maximum atomic E-state index is 12.0. The molecule has 1 aromatic rings. The number of thiazole rings is 1. The molecule has 0 amide bonds. The molecule has 0 aromatic carbocycles. The molecular formula is C8H15N3O3S2. The van der Waals surface area contributed by atoms with Gasteiger partial charge in [-0.25, -0.2) is 12.7 Å². The molecule has 92 valence electrons. The molecular weight excluding hydrogens is 250 g/mol. The van der Waals surface area contributed by atoms with Crippen LogP contribution in [0.5, 0.6) is 0 Å². The highest BCUT2D eigenvalue weighted by Gasteiger charge is 2.25. The van der Waals surface area contributed by atoms with Crippen LogP contribution in [0.4, 0.5) is 0 Å². The molecule has 8 heteroatoms. The van der Waals surface area contributed by atoms with E-state index in [9.17, 15) is 13.2 Å². The molecule has 1 rings (SSSR count). The summed E-state index contributed by atoms with van der Waals surface area (Å²) < 4.78 is 25.3. The molecule has 1 aromatic heterocycles. The molecule has 0 fully saturated rings. The van der Waals surface area contributed by atoms with E-state index in [0.717, 1.165) is 0 Å². The Balaban J connectivity index is 3.02. The first-order valence-corrected chi connectivity index (χ1v) is 7.01. The second kappa shape index (κ2) is 5.09. The lowest BCUT2D eigenvalue weighted by atomic mass is 10.4. The monoisotopic (exact) mass is 265 g/mol. The number of nitrogens with zero attached hydrogens (tertiary/aromatic N) is 1. The van der Waals surface area contributed by atoms with Crippen LogP contribution in [0.25, 0.3) is 0 Å². The zero-order valence-corrected chi connectivity index (χ0v) is 10.8. The highest BCUT2D eigenvalue weighted by atomic mass is 32.2. The van der Waals surface area contributed by atoms with E-state index in [1.54, 1.807) is 6.92 Å². The van der Waals surface area contributed by atoms with E-state index in [1.807, 2.05) is 0 Å². The van der Waals surface area contributed by atoms with Gasteiger partial charge < -0.3 is 10.7 Å². The van der Waals surface area contributed by atoms with Crippen molar-refractivity contribution in [3.8, 4) is 0 Å². The first-order valence-electron chi connectivity index (χ1n) is 4.75. The summed E-state index contributed by atoms with van der Waals surface area (Å²) in [5.41, 5.74) is 5.70. The Kier molecular flexibility index (Phi) is 4.25. The smallest absolute Gasteiger partial charge is 0.305 e. The van der Waals surface area contributed by atoms with Gasteiger partial charge in [0.15, 0.2) is 4.21 Å². The van der Waals surface area contributed by atoms with Crippen molar-refractivity contribution in [3.05, 3.63) is 15.4 Å². The number of nitrogens with two attached hydrogens (primary N) is 1. The lowest BCUT2D eigenvalue weighted by Gasteiger charge is -2.15. The number of aromatic amines is 1. The van der Waals surface area contributed by atoms with E-state index in [1.165, 1.54) is 11.4 Å². The standard InChI is InChI=1S/C8H15N3O3S2/c1-6-7(15-8(12)10-6)16(13,14)11(2)5-3-4-9/h3-5,9H2,1-2H3,(H,10,12). The van der Waals surface area contributed by atoms with Crippen molar-refractivity contribution in [1.29, 1.82) is 0 Å². The number of aromatic nitrogens is 1. The molecule has 0 aliphatic rings. The molecule has 0 radical (unpaired) electrons. The Hall–Kier alpha value is -0.700. The topological polar surface area (TPSA) is 96.3 Å². The molecule has 0 spiro atoms. The van der Waals surface area contributed by atoms with Crippen LogP contribution in [-0.4, -0.2) is 37.8 Å². The fraction of sp³-hybridized carbons (Fsp3) is 0.625. The maximum Gasteiger partial charge on any atom is 0.305 e. The van der Waals surface area contributed by atoms with Gasteiger partial charge in [-0.1, -0.05) is 11.3 Å². The molecule has 0 aliphatic carbocycles. The second-order valence-electron chi connectivity index (χ2n) is 3.40. The van der Waals surface area contributed by atoms with Crippen LogP contribution >= 0.6 is 11.3 Å². The van der Waals surface area contributed by atoms with Crippen LogP contribution in [0.15, 0.2) is 9.00 Å². The van der Waals surface area contributed by atoms with E-state index in [0.29, 0.717) is 36.5 Å². The highest BCUT2D eigenvalue weighted by Crippen LogP contribution is 2.19. The van der Waals surface area contributed by atoms with Crippen LogP contribution in [0.1, 0.15) is 12.1 Å². The van der Waals surface area contributed by atoms with Gasteiger partial charge >= 0.3 is 4.87 Å². The molecule has 0 saturated heterocycles. The van der Waals surface area contributed by atoms with Gasteiger partial charge in [-0.3, -0.25) is 4.79 Å². The Morgan fingerprint density at radius 1 is 1.50 bits per heavy atom. The van der Waals surface area contributed by atoms with Gasteiger partial charge in [0.05, 0.1) is 0 Å². The summed E-state index contributed by atoms with van der Waals surface area (Å²) in [4.78, 5) is 13.2. The number of nitrogens with one attached hydrogen (secondary N) is 1. The predicted molar refractivity (Wildman–Crippen MR) is 63.2 cm³/mol. The van der Waals surface area contributed by atoms with Crippen LogP contribution in [0.2, 0.25) is 0 Å². The first-order chi connectivity index (χ1) is 7.39. The van der Waals surface area contributed by atoms with Crippen molar-refractivity contribution in [3.63, 3.8) is 0 Å². The number of aryl methyl sites for hydroxylation is 1. The Bertz CT molecular complexity index is 503. The third-order valence-corrected chi connectivity index (χ3v) is 5.54. The van der Waals surface area contributed by atoms with Gasteiger partial charge in [0.2, 0.25) is 0 Å². The molecule has 0 aliphatic heterocycles. The van der Waals surface area contributed by atoms with Crippen molar-refractivity contribution < 1.29 is 8.42 Å². The van der Waals surface area contributed by atoms with E-state index in [4.69, 9.17) is 5.73 Å². The summed E-state index contributed by atoms with van der Waals surface area (Å²) in [5.74, 6) is 0. The van der Waals surface area contributed by atoms with Crippen molar-refractivity contribution in [2.75, 3.05) is 20.1 Å². The molecule has 0 unspecified atom stereocenters. The van der Waals surface area contributed by atoms with Crippen LogP contribution in [0.3, 0.4) is 0 Å². The van der Waals surface area contributed by atoms with Gasteiger partial charge in [-0.2, -0.15) is 0 Å². The largest absolute Gasteiger partial charge is 0.330 e. The van der Waals surface area contributed by atoms with Crippen molar-refractivity contribution in [2.24, 2.45) is 5.73 Å². The quantitative estimate of drug-likeness (QED) is 0.765. The van der Waals surface area contributed by atoms with Crippen molar-refractivity contribution in [1.82, 2.24) is 9.29 Å². The summed E-state index contributed by atoms with van der Waals surface area (Å²) in [6.07, 6.45) is 0.591. The van der Waals surface area contributed by atoms with E-state index in [-0.39, 0.29) is 9.08 Å². The fourth-order valence-electron chi connectivity index (χ4n) is 1.21. The van der Waals surface area contributed by atoms with Gasteiger partial charge in [-0.15, -0.1) is 0 Å². The molecule has 6 nitrogen and oxygen atoms in total. The Labute approximate surface area is 98.1 Å². The number of sulfonamides is 1. The number of hydrogen-bond donors (Lipinski definition) is 2. The summed E-state index contributed by atoms with van der Waals surface area (Å²) >= 11 is 0.711. The van der Waals surface area contributed by atoms with E-state index in [2.05, 4.69) is 4.98 Å². The fourth-order valence-corrected chi connectivity index (χ4v) is 3.91. The summed E-state index contributed by atoms with van der Waals surface area (Å²) in [6.45, 7) is 2.36. The number of hydrogen-bond acceptors (Lipinski definition) is 5. The van der Waals surface area contributed by atoms with Crippen molar-refractivity contribution in [2.45, 2.75) is 17.6 Å². The number of rotatable bonds is 5. The maximum absolute atomic E-state index is 12.0. The molecule has 3 N–H and O–H groups in total. The van der Waals surface area contributed by atoms with Crippen LogP contribution in [0, 0.1) is 6.92 Å². The van der Waals surface area contributed by atoms with Crippen LogP contribution in [-0.2, 0) is 10.0 Å². The molecule has 1 heterocycles. The molecule has 0 atom stereocenters. The zero-order chi connectivity index (χ0) is 12.3. The summed E-state index contributed by atoms with van der Waals surface area (Å²) in [7, 11) is -2.08. The summed E-state index contributed by atoms with van der Waals surface area (Å²) in [5, 5.41) is 0. The SMILES string of the molecule is Cc1[nH]c(=O)sc1S(=O)(=O)N(C)CCCN. The minimum atomic E-state index is -3.56. The van der Waals surface area contributed by atoms with Gasteiger partial charge in [0.1, 0.15) is 0 Å². The molecule has 0 bridgehead atoms. The predicted octanol–water partition coefficient (Wildman–Crippen LogP) is -0.286. The third kappa shape index (κ3) is 2.70. The zero-order valence-electron chi connectivity index (χ0n) is 9.19.